The third-order valence-electron chi connectivity index (χ3n) is 3.14. The third kappa shape index (κ3) is 6.45. The van der Waals surface area contributed by atoms with Crippen LogP contribution in [-0.2, 0) is 11.3 Å². The van der Waals surface area contributed by atoms with Gasteiger partial charge in [-0.25, -0.2) is 0 Å². The number of carbonyl (C=O) groups is 2. The number of amides is 2. The SMILES string of the molecule is CC(C)C[C@H](N)C(=O)NCc1ccc(C(=O)N(C)C)cc1.Cl. The van der Waals surface area contributed by atoms with E-state index >= 15 is 0 Å². The van der Waals surface area contributed by atoms with Crippen LogP contribution in [0.2, 0.25) is 0 Å². The Kier molecular flexibility index (Phi) is 8.75. The van der Waals surface area contributed by atoms with E-state index in [1.165, 1.54) is 4.90 Å². The summed E-state index contributed by atoms with van der Waals surface area (Å²) in [5.74, 6) is 0.212. The van der Waals surface area contributed by atoms with Gasteiger partial charge in [-0.3, -0.25) is 9.59 Å². The fraction of sp³-hybridized carbons (Fsp3) is 0.500. The van der Waals surface area contributed by atoms with E-state index in [9.17, 15) is 9.59 Å². The summed E-state index contributed by atoms with van der Waals surface area (Å²) in [5.41, 5.74) is 7.39. The van der Waals surface area contributed by atoms with Gasteiger partial charge in [0.1, 0.15) is 0 Å². The molecule has 0 aromatic heterocycles. The number of nitrogens with two attached hydrogens (primary N) is 1. The van der Waals surface area contributed by atoms with Crippen molar-refractivity contribution in [2.45, 2.75) is 32.9 Å². The lowest BCUT2D eigenvalue weighted by molar-refractivity contribution is -0.122. The first kappa shape index (κ1) is 20.4. The normalized spacial score (nSPS) is 11.5. The van der Waals surface area contributed by atoms with E-state index in [1.54, 1.807) is 26.2 Å². The maximum Gasteiger partial charge on any atom is 0.253 e. The molecule has 124 valence electrons. The number of hydrogen-bond donors (Lipinski definition) is 2. The van der Waals surface area contributed by atoms with Crippen molar-refractivity contribution in [3.8, 4) is 0 Å². The predicted molar refractivity (Wildman–Crippen MR) is 91.0 cm³/mol. The van der Waals surface area contributed by atoms with Crippen LogP contribution < -0.4 is 11.1 Å². The lowest BCUT2D eigenvalue weighted by Gasteiger charge is -2.14. The second-order valence-corrected chi connectivity index (χ2v) is 5.85. The van der Waals surface area contributed by atoms with Gasteiger partial charge in [0.2, 0.25) is 5.91 Å². The highest BCUT2D eigenvalue weighted by Gasteiger charge is 2.14. The highest BCUT2D eigenvalue weighted by atomic mass is 35.5. The standard InChI is InChI=1S/C16H25N3O2.ClH/c1-11(2)9-14(17)15(20)18-10-12-5-7-13(8-6-12)16(21)19(3)4;/h5-8,11,14H,9-10,17H2,1-4H3,(H,18,20);1H/t14-;/m0./s1. The zero-order valence-electron chi connectivity index (χ0n) is 13.6. The van der Waals surface area contributed by atoms with Crippen LogP contribution in [0.4, 0.5) is 0 Å². The molecule has 1 rings (SSSR count). The molecule has 0 saturated carbocycles. The van der Waals surface area contributed by atoms with E-state index in [4.69, 9.17) is 5.73 Å². The van der Waals surface area contributed by atoms with E-state index in [0.29, 0.717) is 24.4 Å². The van der Waals surface area contributed by atoms with Crippen molar-refractivity contribution in [3.63, 3.8) is 0 Å². The van der Waals surface area contributed by atoms with Crippen LogP contribution in [0, 0.1) is 5.92 Å². The molecule has 6 heteroatoms. The number of halogens is 1. The first-order chi connectivity index (χ1) is 9.81. The minimum atomic E-state index is -0.473. The average molecular weight is 328 g/mol. The maximum absolute atomic E-state index is 11.8. The van der Waals surface area contributed by atoms with Gasteiger partial charge in [0.15, 0.2) is 0 Å². The van der Waals surface area contributed by atoms with Crippen molar-refractivity contribution in [1.82, 2.24) is 10.2 Å². The Labute approximate surface area is 138 Å². The van der Waals surface area contributed by atoms with Crippen LogP contribution in [0.1, 0.15) is 36.2 Å². The van der Waals surface area contributed by atoms with E-state index in [0.717, 1.165) is 5.56 Å². The second-order valence-electron chi connectivity index (χ2n) is 5.85. The van der Waals surface area contributed by atoms with Crippen LogP contribution in [0.15, 0.2) is 24.3 Å². The van der Waals surface area contributed by atoms with Crippen LogP contribution in [0.5, 0.6) is 0 Å². The summed E-state index contributed by atoms with van der Waals surface area (Å²) in [4.78, 5) is 25.1. The van der Waals surface area contributed by atoms with Gasteiger partial charge in [0.25, 0.3) is 5.91 Å². The molecule has 0 heterocycles. The highest BCUT2D eigenvalue weighted by Crippen LogP contribution is 2.07. The van der Waals surface area contributed by atoms with Gasteiger partial charge in [0, 0.05) is 26.2 Å². The highest BCUT2D eigenvalue weighted by molar-refractivity contribution is 5.93. The summed E-state index contributed by atoms with van der Waals surface area (Å²) < 4.78 is 0. The lowest BCUT2D eigenvalue weighted by atomic mass is 10.0. The van der Waals surface area contributed by atoms with E-state index in [2.05, 4.69) is 5.32 Å². The van der Waals surface area contributed by atoms with Gasteiger partial charge < -0.3 is 16.0 Å². The fourth-order valence-electron chi connectivity index (χ4n) is 1.96. The minimum absolute atomic E-state index is 0. The van der Waals surface area contributed by atoms with Gasteiger partial charge in [0.05, 0.1) is 6.04 Å². The first-order valence-corrected chi connectivity index (χ1v) is 7.15. The van der Waals surface area contributed by atoms with Gasteiger partial charge >= 0.3 is 0 Å². The van der Waals surface area contributed by atoms with Crippen molar-refractivity contribution in [1.29, 1.82) is 0 Å². The quantitative estimate of drug-likeness (QED) is 0.836. The molecule has 0 aliphatic rings. The molecule has 0 saturated heterocycles. The average Bonchev–Trinajstić information content (AvgIpc) is 2.43. The molecule has 1 aromatic rings. The molecule has 0 bridgehead atoms. The summed E-state index contributed by atoms with van der Waals surface area (Å²) in [7, 11) is 3.43. The summed E-state index contributed by atoms with van der Waals surface area (Å²) in [6, 6.07) is 6.73. The number of rotatable bonds is 6. The smallest absolute Gasteiger partial charge is 0.253 e. The van der Waals surface area contributed by atoms with Crippen molar-refractivity contribution in [3.05, 3.63) is 35.4 Å². The molecule has 3 N–H and O–H groups in total. The fourth-order valence-corrected chi connectivity index (χ4v) is 1.96. The van der Waals surface area contributed by atoms with E-state index < -0.39 is 6.04 Å². The Morgan fingerprint density at radius 2 is 1.73 bits per heavy atom. The van der Waals surface area contributed by atoms with E-state index in [-0.39, 0.29) is 24.2 Å². The van der Waals surface area contributed by atoms with Crippen molar-refractivity contribution < 1.29 is 9.59 Å². The number of nitrogens with zero attached hydrogens (tertiary/aromatic N) is 1. The van der Waals surface area contributed by atoms with Crippen LogP contribution in [0.25, 0.3) is 0 Å². The molecule has 2 amide bonds. The molecular weight excluding hydrogens is 302 g/mol. The Morgan fingerprint density at radius 1 is 1.18 bits per heavy atom. The molecule has 5 nitrogen and oxygen atoms in total. The molecule has 0 aliphatic carbocycles. The van der Waals surface area contributed by atoms with Crippen molar-refractivity contribution >= 4 is 24.2 Å². The van der Waals surface area contributed by atoms with Crippen LogP contribution in [-0.4, -0.2) is 36.9 Å². The third-order valence-corrected chi connectivity index (χ3v) is 3.14. The van der Waals surface area contributed by atoms with Gasteiger partial charge in [-0.2, -0.15) is 0 Å². The van der Waals surface area contributed by atoms with E-state index in [1.807, 2.05) is 26.0 Å². The first-order valence-electron chi connectivity index (χ1n) is 7.15. The molecule has 1 aromatic carbocycles. The second kappa shape index (κ2) is 9.43. The van der Waals surface area contributed by atoms with Gasteiger partial charge in [-0.1, -0.05) is 26.0 Å². The minimum Gasteiger partial charge on any atom is -0.351 e. The molecule has 0 aliphatic heterocycles. The summed E-state index contributed by atoms with van der Waals surface area (Å²) >= 11 is 0. The maximum atomic E-state index is 11.8. The summed E-state index contributed by atoms with van der Waals surface area (Å²) in [5, 5.41) is 2.82. The summed E-state index contributed by atoms with van der Waals surface area (Å²) in [6.45, 7) is 4.49. The number of nitrogens with one attached hydrogen (secondary N) is 1. The zero-order chi connectivity index (χ0) is 16.0. The Morgan fingerprint density at radius 3 is 2.18 bits per heavy atom. The Hall–Kier alpha value is -1.59. The molecule has 1 atom stereocenters. The Bertz CT molecular complexity index is 487. The lowest BCUT2D eigenvalue weighted by Crippen LogP contribution is -2.41. The molecule has 0 fully saturated rings. The molecule has 0 unspecified atom stereocenters. The topological polar surface area (TPSA) is 75.4 Å². The van der Waals surface area contributed by atoms with Crippen LogP contribution >= 0.6 is 12.4 Å². The zero-order valence-corrected chi connectivity index (χ0v) is 14.4. The largest absolute Gasteiger partial charge is 0.351 e. The van der Waals surface area contributed by atoms with Crippen molar-refractivity contribution in [2.75, 3.05) is 14.1 Å². The summed E-state index contributed by atoms with van der Waals surface area (Å²) in [6.07, 6.45) is 0.669. The Balaban J connectivity index is 0.00000441. The van der Waals surface area contributed by atoms with Gasteiger partial charge in [-0.05, 0) is 30.0 Å². The molecule has 0 spiro atoms. The predicted octanol–water partition coefficient (Wildman–Crippen LogP) is 1.80. The van der Waals surface area contributed by atoms with Gasteiger partial charge in [-0.15, -0.1) is 12.4 Å². The monoisotopic (exact) mass is 327 g/mol. The molecule has 0 radical (unpaired) electrons. The molecular formula is C16H26ClN3O2. The van der Waals surface area contributed by atoms with Crippen LogP contribution in [0.3, 0.4) is 0 Å². The number of hydrogen-bond acceptors (Lipinski definition) is 3. The number of benzene rings is 1. The molecule has 22 heavy (non-hydrogen) atoms. The number of carbonyl (C=O) groups excluding carboxylic acids is 2. The van der Waals surface area contributed by atoms with Crippen molar-refractivity contribution in [2.24, 2.45) is 11.7 Å².